The summed E-state index contributed by atoms with van der Waals surface area (Å²) >= 11 is 6.18. The van der Waals surface area contributed by atoms with Crippen LogP contribution in [0.5, 0.6) is 11.5 Å². The third-order valence-corrected chi connectivity index (χ3v) is 4.33. The highest BCUT2D eigenvalue weighted by atomic mass is 35.5. The summed E-state index contributed by atoms with van der Waals surface area (Å²) in [4.78, 5) is 26.0. The van der Waals surface area contributed by atoms with Gasteiger partial charge in [-0.15, -0.1) is 0 Å². The number of carbonyl (C=O) groups excluding carboxylic acids is 2. The number of hydrogen-bond acceptors (Lipinski definition) is 5. The number of carbonyl (C=O) groups is 2. The standard InChI is InChI=1S/C20H20ClNO5/c1-22(12-14-6-3-2-4-7-14)18(23)13-27-20(24)15-10-16(21)19-17(11-15)25-8-5-9-26-19/h2-4,6-7,10-11H,5,8-9,12-13H2,1H3. The molecule has 0 atom stereocenters. The fourth-order valence-corrected chi connectivity index (χ4v) is 2.88. The smallest absolute Gasteiger partial charge is 0.338 e. The highest BCUT2D eigenvalue weighted by Gasteiger charge is 2.20. The molecule has 0 unspecified atom stereocenters. The van der Waals surface area contributed by atoms with Crippen LogP contribution in [0, 0.1) is 0 Å². The van der Waals surface area contributed by atoms with Crippen LogP contribution in [0.15, 0.2) is 42.5 Å². The molecule has 2 aromatic rings. The van der Waals surface area contributed by atoms with Crippen molar-refractivity contribution in [2.75, 3.05) is 26.9 Å². The lowest BCUT2D eigenvalue weighted by molar-refractivity contribution is -0.133. The fraction of sp³-hybridized carbons (Fsp3) is 0.300. The first kappa shape index (κ1) is 19.0. The number of ether oxygens (including phenoxy) is 3. The van der Waals surface area contributed by atoms with Gasteiger partial charge in [-0.05, 0) is 17.7 Å². The van der Waals surface area contributed by atoms with Gasteiger partial charge in [0.25, 0.3) is 5.91 Å². The maximum absolute atomic E-state index is 12.3. The molecule has 1 aliphatic rings. The van der Waals surface area contributed by atoms with Gasteiger partial charge in [0, 0.05) is 20.0 Å². The molecule has 0 radical (unpaired) electrons. The Morgan fingerprint density at radius 2 is 1.89 bits per heavy atom. The second kappa shape index (κ2) is 8.77. The van der Waals surface area contributed by atoms with E-state index in [0.29, 0.717) is 31.3 Å². The van der Waals surface area contributed by atoms with Crippen molar-refractivity contribution in [1.82, 2.24) is 4.90 Å². The normalized spacial score (nSPS) is 12.8. The number of fused-ring (bicyclic) bond motifs is 1. The lowest BCUT2D eigenvalue weighted by Crippen LogP contribution is -2.30. The minimum absolute atomic E-state index is 0.211. The molecule has 7 heteroatoms. The summed E-state index contributed by atoms with van der Waals surface area (Å²) in [7, 11) is 1.66. The van der Waals surface area contributed by atoms with Crippen LogP contribution in [0.3, 0.4) is 0 Å². The second-order valence-electron chi connectivity index (χ2n) is 6.15. The van der Waals surface area contributed by atoms with E-state index in [1.54, 1.807) is 7.05 Å². The Morgan fingerprint density at radius 1 is 1.15 bits per heavy atom. The topological polar surface area (TPSA) is 65.1 Å². The molecule has 0 saturated carbocycles. The summed E-state index contributed by atoms with van der Waals surface area (Å²) in [6.07, 6.45) is 0.729. The highest BCUT2D eigenvalue weighted by Crippen LogP contribution is 2.38. The molecular formula is C20H20ClNO5. The summed E-state index contributed by atoms with van der Waals surface area (Å²) in [5.41, 5.74) is 1.21. The molecule has 27 heavy (non-hydrogen) atoms. The van der Waals surface area contributed by atoms with Gasteiger partial charge in [-0.3, -0.25) is 4.79 Å². The number of hydrogen-bond donors (Lipinski definition) is 0. The van der Waals surface area contributed by atoms with Gasteiger partial charge in [-0.1, -0.05) is 41.9 Å². The van der Waals surface area contributed by atoms with Crippen LogP contribution in [-0.2, 0) is 16.1 Å². The number of amides is 1. The Morgan fingerprint density at radius 3 is 2.67 bits per heavy atom. The predicted octanol–water partition coefficient (Wildman–Crippen LogP) is 3.32. The van der Waals surface area contributed by atoms with Gasteiger partial charge in [-0.25, -0.2) is 4.79 Å². The molecule has 0 bridgehead atoms. The van der Waals surface area contributed by atoms with Crippen LogP contribution >= 0.6 is 11.6 Å². The number of esters is 1. The van der Waals surface area contributed by atoms with Crippen molar-refractivity contribution in [2.45, 2.75) is 13.0 Å². The van der Waals surface area contributed by atoms with E-state index in [1.165, 1.54) is 17.0 Å². The Bertz CT molecular complexity index is 825. The molecule has 0 fully saturated rings. The van der Waals surface area contributed by atoms with E-state index in [4.69, 9.17) is 25.8 Å². The molecule has 1 heterocycles. The lowest BCUT2D eigenvalue weighted by Gasteiger charge is -2.17. The van der Waals surface area contributed by atoms with Crippen LogP contribution < -0.4 is 9.47 Å². The maximum atomic E-state index is 12.3. The zero-order chi connectivity index (χ0) is 19.2. The number of likely N-dealkylation sites (N-methyl/N-ethyl adjacent to an activating group) is 1. The average molecular weight is 390 g/mol. The van der Waals surface area contributed by atoms with Gasteiger partial charge >= 0.3 is 5.97 Å². The Balaban J connectivity index is 1.59. The van der Waals surface area contributed by atoms with E-state index in [2.05, 4.69) is 0 Å². The Kier molecular flexibility index (Phi) is 6.19. The summed E-state index contributed by atoms with van der Waals surface area (Å²) in [6.45, 7) is 1.06. The molecular weight excluding hydrogens is 370 g/mol. The summed E-state index contributed by atoms with van der Waals surface area (Å²) in [5, 5.41) is 0.272. The molecule has 6 nitrogen and oxygen atoms in total. The second-order valence-corrected chi connectivity index (χ2v) is 6.55. The van der Waals surface area contributed by atoms with Gasteiger partial charge in [0.2, 0.25) is 0 Å². The highest BCUT2D eigenvalue weighted by molar-refractivity contribution is 6.32. The number of rotatable bonds is 5. The molecule has 0 spiro atoms. The van der Waals surface area contributed by atoms with Crippen LogP contribution in [0.4, 0.5) is 0 Å². The Labute approximate surface area is 162 Å². The fourth-order valence-electron chi connectivity index (χ4n) is 2.61. The van der Waals surface area contributed by atoms with Crippen molar-refractivity contribution in [3.63, 3.8) is 0 Å². The first-order valence-corrected chi connectivity index (χ1v) is 8.96. The van der Waals surface area contributed by atoms with E-state index in [-0.39, 0.29) is 23.1 Å². The lowest BCUT2D eigenvalue weighted by atomic mass is 10.2. The third kappa shape index (κ3) is 4.92. The summed E-state index contributed by atoms with van der Waals surface area (Å²) in [6, 6.07) is 12.5. The molecule has 2 aromatic carbocycles. The zero-order valence-corrected chi connectivity index (χ0v) is 15.7. The largest absolute Gasteiger partial charge is 0.489 e. The van der Waals surface area contributed by atoms with Crippen LogP contribution in [0.2, 0.25) is 5.02 Å². The van der Waals surface area contributed by atoms with Gasteiger partial charge in [0.05, 0.1) is 23.8 Å². The SMILES string of the molecule is CN(Cc1ccccc1)C(=O)COC(=O)c1cc(Cl)c2c(c1)OCCCO2. The van der Waals surface area contributed by atoms with Gasteiger partial charge in [0.1, 0.15) is 0 Å². The molecule has 0 aliphatic carbocycles. The molecule has 0 N–H and O–H groups in total. The first-order valence-electron chi connectivity index (χ1n) is 8.59. The van der Waals surface area contributed by atoms with Crippen molar-refractivity contribution in [3.8, 4) is 11.5 Å². The van der Waals surface area contributed by atoms with Crippen LogP contribution in [0.1, 0.15) is 22.3 Å². The summed E-state index contributed by atoms with van der Waals surface area (Å²) in [5.74, 6) is -0.120. The minimum atomic E-state index is -0.644. The quantitative estimate of drug-likeness (QED) is 0.734. The van der Waals surface area contributed by atoms with Crippen molar-refractivity contribution in [3.05, 3.63) is 58.6 Å². The van der Waals surface area contributed by atoms with Crippen LogP contribution in [0.25, 0.3) is 0 Å². The third-order valence-electron chi connectivity index (χ3n) is 4.05. The Hall–Kier alpha value is -2.73. The van der Waals surface area contributed by atoms with Gasteiger partial charge in [0.15, 0.2) is 18.1 Å². The summed E-state index contributed by atoms with van der Waals surface area (Å²) < 4.78 is 16.2. The van der Waals surface area contributed by atoms with Crippen molar-refractivity contribution < 1.29 is 23.8 Å². The molecule has 3 rings (SSSR count). The molecule has 0 saturated heterocycles. The monoisotopic (exact) mass is 389 g/mol. The minimum Gasteiger partial charge on any atom is -0.489 e. The van der Waals surface area contributed by atoms with E-state index in [9.17, 15) is 9.59 Å². The zero-order valence-electron chi connectivity index (χ0n) is 14.9. The number of halogens is 1. The first-order chi connectivity index (χ1) is 13.0. The number of nitrogens with zero attached hydrogens (tertiary/aromatic N) is 1. The van der Waals surface area contributed by atoms with Gasteiger partial charge < -0.3 is 19.1 Å². The van der Waals surface area contributed by atoms with E-state index >= 15 is 0 Å². The van der Waals surface area contributed by atoms with Crippen molar-refractivity contribution in [2.24, 2.45) is 0 Å². The number of benzene rings is 2. The average Bonchev–Trinajstić information content (AvgIpc) is 2.92. The maximum Gasteiger partial charge on any atom is 0.338 e. The molecule has 1 amide bonds. The molecule has 0 aromatic heterocycles. The predicted molar refractivity (Wildman–Crippen MR) is 100 cm³/mol. The van der Waals surface area contributed by atoms with E-state index in [1.807, 2.05) is 30.3 Å². The van der Waals surface area contributed by atoms with Crippen molar-refractivity contribution in [1.29, 1.82) is 0 Å². The molecule has 142 valence electrons. The van der Waals surface area contributed by atoms with Gasteiger partial charge in [-0.2, -0.15) is 0 Å². The van der Waals surface area contributed by atoms with Crippen molar-refractivity contribution >= 4 is 23.5 Å². The van der Waals surface area contributed by atoms with Crippen LogP contribution in [-0.4, -0.2) is 43.6 Å². The van der Waals surface area contributed by atoms with E-state index < -0.39 is 5.97 Å². The molecule has 1 aliphatic heterocycles. The van der Waals surface area contributed by atoms with E-state index in [0.717, 1.165) is 12.0 Å².